The van der Waals surface area contributed by atoms with Gasteiger partial charge in [0.1, 0.15) is 12.1 Å². The average molecular weight is 389 g/mol. The number of hydrogen-bond acceptors (Lipinski definition) is 7. The first-order chi connectivity index (χ1) is 12.6. The molecule has 154 valence electrons. The van der Waals surface area contributed by atoms with E-state index in [1.165, 1.54) is 0 Å². The van der Waals surface area contributed by atoms with Gasteiger partial charge in [-0.3, -0.25) is 19.2 Å². The van der Waals surface area contributed by atoms with Crippen molar-refractivity contribution in [2.45, 2.75) is 56.7 Å². The predicted molar refractivity (Wildman–Crippen MR) is 93.1 cm³/mol. The number of rotatable bonds is 14. The Balaban J connectivity index is 4.96. The summed E-state index contributed by atoms with van der Waals surface area (Å²) in [5.74, 6) is -5.27. The largest absolute Gasteiger partial charge is 0.481 e. The quantitative estimate of drug-likeness (QED) is 0.152. The van der Waals surface area contributed by atoms with Gasteiger partial charge in [-0.05, 0) is 25.8 Å². The number of nitrogens with one attached hydrogen (secondary N) is 2. The van der Waals surface area contributed by atoms with Gasteiger partial charge in [0.15, 0.2) is 0 Å². The molecule has 12 heteroatoms. The van der Waals surface area contributed by atoms with Gasteiger partial charge in [-0.2, -0.15) is 0 Å². The lowest BCUT2D eigenvalue weighted by Gasteiger charge is -2.22. The van der Waals surface area contributed by atoms with Crippen LogP contribution >= 0.6 is 0 Å². The first kappa shape index (κ1) is 24.3. The van der Waals surface area contributed by atoms with Gasteiger partial charge in [-0.1, -0.05) is 6.42 Å². The summed E-state index contributed by atoms with van der Waals surface area (Å²) in [5.41, 5.74) is 16.1. The molecule has 0 aromatic carbocycles. The van der Waals surface area contributed by atoms with Crippen LogP contribution in [0, 0.1) is 0 Å². The Morgan fingerprint density at radius 1 is 0.889 bits per heavy atom. The van der Waals surface area contributed by atoms with Crippen LogP contribution in [0.5, 0.6) is 0 Å². The van der Waals surface area contributed by atoms with Gasteiger partial charge in [0.05, 0.1) is 12.5 Å². The Labute approximate surface area is 155 Å². The molecule has 0 aromatic heterocycles. The van der Waals surface area contributed by atoms with E-state index >= 15 is 0 Å². The number of hydrogen-bond donors (Lipinski definition) is 7. The average Bonchev–Trinajstić information content (AvgIpc) is 2.56. The number of nitrogens with two attached hydrogens (primary N) is 3. The maximum Gasteiger partial charge on any atom is 0.326 e. The fourth-order valence-corrected chi connectivity index (χ4v) is 2.13. The molecule has 0 bridgehead atoms. The third-order valence-electron chi connectivity index (χ3n) is 3.61. The second kappa shape index (κ2) is 12.6. The number of primary amides is 1. The number of carbonyl (C=O) groups is 5. The Morgan fingerprint density at radius 3 is 1.96 bits per heavy atom. The predicted octanol–water partition coefficient (Wildman–Crippen LogP) is -2.76. The van der Waals surface area contributed by atoms with Gasteiger partial charge in [-0.15, -0.1) is 0 Å². The minimum Gasteiger partial charge on any atom is -0.481 e. The van der Waals surface area contributed by atoms with Crippen molar-refractivity contribution in [2.24, 2.45) is 17.2 Å². The summed E-state index contributed by atoms with van der Waals surface area (Å²) < 4.78 is 0. The van der Waals surface area contributed by atoms with Crippen molar-refractivity contribution < 1.29 is 34.2 Å². The summed E-state index contributed by atoms with van der Waals surface area (Å²) in [6, 6.07) is -3.87. The lowest BCUT2D eigenvalue weighted by molar-refractivity contribution is -0.143. The Bertz CT molecular complexity index is 555. The second-order valence-corrected chi connectivity index (χ2v) is 5.95. The molecule has 0 radical (unpaired) electrons. The zero-order valence-corrected chi connectivity index (χ0v) is 14.8. The molecular formula is C15H27N5O7. The summed E-state index contributed by atoms with van der Waals surface area (Å²) >= 11 is 0. The second-order valence-electron chi connectivity index (χ2n) is 5.95. The first-order valence-corrected chi connectivity index (χ1v) is 8.37. The highest BCUT2D eigenvalue weighted by Crippen LogP contribution is 2.03. The highest BCUT2D eigenvalue weighted by molar-refractivity contribution is 5.94. The summed E-state index contributed by atoms with van der Waals surface area (Å²) in [4.78, 5) is 57.2. The summed E-state index contributed by atoms with van der Waals surface area (Å²) in [5, 5.41) is 22.1. The third kappa shape index (κ3) is 10.8. The van der Waals surface area contributed by atoms with Crippen LogP contribution in [-0.2, 0) is 24.0 Å². The molecular weight excluding hydrogens is 362 g/mol. The number of amides is 3. The smallest absolute Gasteiger partial charge is 0.326 e. The number of aliphatic carboxylic acids is 2. The highest BCUT2D eigenvalue weighted by atomic mass is 16.4. The van der Waals surface area contributed by atoms with Gasteiger partial charge >= 0.3 is 11.9 Å². The SMILES string of the molecule is NCCCCC(N)C(=O)NC(CC(N)=O)C(=O)NC(CCC(=O)O)C(=O)O. The number of carboxylic acid groups (broad SMARTS) is 2. The molecule has 0 spiro atoms. The number of carboxylic acids is 2. The van der Waals surface area contributed by atoms with Crippen molar-refractivity contribution in [3.8, 4) is 0 Å². The van der Waals surface area contributed by atoms with Crippen molar-refractivity contribution in [3.63, 3.8) is 0 Å². The van der Waals surface area contributed by atoms with Gasteiger partial charge in [0.25, 0.3) is 0 Å². The van der Waals surface area contributed by atoms with E-state index in [0.29, 0.717) is 25.8 Å². The monoisotopic (exact) mass is 389 g/mol. The third-order valence-corrected chi connectivity index (χ3v) is 3.61. The molecule has 3 amide bonds. The summed E-state index contributed by atoms with van der Waals surface area (Å²) in [7, 11) is 0. The highest BCUT2D eigenvalue weighted by Gasteiger charge is 2.29. The maximum atomic E-state index is 12.3. The zero-order valence-electron chi connectivity index (χ0n) is 14.8. The molecule has 0 aliphatic rings. The molecule has 0 heterocycles. The van der Waals surface area contributed by atoms with Crippen molar-refractivity contribution in [1.82, 2.24) is 10.6 Å². The van der Waals surface area contributed by atoms with E-state index in [1.54, 1.807) is 0 Å². The van der Waals surface area contributed by atoms with Crippen molar-refractivity contribution in [1.29, 1.82) is 0 Å². The minimum absolute atomic E-state index is 0.310. The van der Waals surface area contributed by atoms with Crippen molar-refractivity contribution in [2.75, 3.05) is 6.54 Å². The van der Waals surface area contributed by atoms with E-state index in [4.69, 9.17) is 27.4 Å². The van der Waals surface area contributed by atoms with E-state index in [2.05, 4.69) is 10.6 Å². The molecule has 0 saturated carbocycles. The van der Waals surface area contributed by atoms with Crippen LogP contribution in [-0.4, -0.2) is 64.5 Å². The van der Waals surface area contributed by atoms with Gasteiger partial charge in [0.2, 0.25) is 17.7 Å². The topological polar surface area (TPSA) is 228 Å². The van der Waals surface area contributed by atoms with Crippen LogP contribution < -0.4 is 27.8 Å². The molecule has 10 N–H and O–H groups in total. The van der Waals surface area contributed by atoms with Crippen molar-refractivity contribution >= 4 is 29.7 Å². The fourth-order valence-electron chi connectivity index (χ4n) is 2.13. The summed E-state index contributed by atoms with van der Waals surface area (Å²) in [6.07, 6.45) is 0.134. The fraction of sp³-hybridized carbons (Fsp3) is 0.667. The summed E-state index contributed by atoms with van der Waals surface area (Å²) in [6.45, 7) is 0.438. The molecule has 12 nitrogen and oxygen atoms in total. The van der Waals surface area contributed by atoms with Gasteiger partial charge < -0.3 is 38.0 Å². The number of unbranched alkanes of at least 4 members (excludes halogenated alkanes) is 1. The van der Waals surface area contributed by atoms with Crippen molar-refractivity contribution in [3.05, 3.63) is 0 Å². The Morgan fingerprint density at radius 2 is 1.48 bits per heavy atom. The molecule has 0 rings (SSSR count). The first-order valence-electron chi connectivity index (χ1n) is 8.37. The van der Waals surface area contributed by atoms with Gasteiger partial charge in [-0.25, -0.2) is 4.79 Å². The van der Waals surface area contributed by atoms with Crippen LogP contribution in [0.4, 0.5) is 0 Å². The van der Waals surface area contributed by atoms with E-state index in [0.717, 1.165) is 0 Å². The molecule has 27 heavy (non-hydrogen) atoms. The molecule has 0 saturated heterocycles. The lowest BCUT2D eigenvalue weighted by atomic mass is 10.1. The van der Waals surface area contributed by atoms with Crippen LogP contribution in [0.1, 0.15) is 38.5 Å². The van der Waals surface area contributed by atoms with Crippen LogP contribution in [0.2, 0.25) is 0 Å². The molecule has 3 atom stereocenters. The normalized spacial score (nSPS) is 13.9. The van der Waals surface area contributed by atoms with E-state index < -0.39 is 60.6 Å². The van der Waals surface area contributed by atoms with Crippen LogP contribution in [0.25, 0.3) is 0 Å². The van der Waals surface area contributed by atoms with Gasteiger partial charge in [0, 0.05) is 6.42 Å². The minimum atomic E-state index is -1.50. The van der Waals surface area contributed by atoms with E-state index in [9.17, 15) is 24.0 Å². The zero-order chi connectivity index (χ0) is 21.0. The Kier molecular flexibility index (Phi) is 11.3. The van der Waals surface area contributed by atoms with Crippen LogP contribution in [0.3, 0.4) is 0 Å². The molecule has 0 aromatic rings. The standard InChI is InChI=1S/C15H27N5O7/c16-6-2-1-3-8(17)13(24)20-10(7-11(18)21)14(25)19-9(15(26)27)4-5-12(22)23/h8-10H,1-7,16-17H2,(H2,18,21)(H,19,25)(H,20,24)(H,22,23)(H,26,27). The number of carbonyl (C=O) groups excluding carboxylic acids is 3. The van der Waals surface area contributed by atoms with Crippen LogP contribution in [0.15, 0.2) is 0 Å². The Hall–Kier alpha value is -2.73. The van der Waals surface area contributed by atoms with E-state index in [-0.39, 0.29) is 6.42 Å². The molecule has 0 fully saturated rings. The lowest BCUT2D eigenvalue weighted by Crippen LogP contribution is -2.55. The maximum absolute atomic E-state index is 12.3. The molecule has 3 unspecified atom stereocenters. The molecule has 0 aliphatic carbocycles. The molecule has 0 aliphatic heterocycles. The van der Waals surface area contributed by atoms with E-state index in [1.807, 2.05) is 0 Å².